The fourth-order valence-electron chi connectivity index (χ4n) is 2.37. The Labute approximate surface area is 138 Å². The van der Waals surface area contributed by atoms with E-state index in [1.165, 1.54) is 18.6 Å². The number of sulfonamides is 1. The molecule has 0 aromatic heterocycles. The van der Waals surface area contributed by atoms with Crippen LogP contribution in [0.3, 0.4) is 0 Å². The number of hydrogen-bond donors (Lipinski definition) is 1. The predicted molar refractivity (Wildman–Crippen MR) is 86.3 cm³/mol. The molecule has 0 amide bonds. The normalized spacial score (nSPS) is 23.8. The van der Waals surface area contributed by atoms with Gasteiger partial charge < -0.3 is 0 Å². The molecule has 0 bridgehead atoms. The monoisotopic (exact) mass is 399 g/mol. The lowest BCUT2D eigenvalue weighted by molar-refractivity contribution is 0.373. The second-order valence-corrected chi connectivity index (χ2v) is 8.74. The Balaban J connectivity index is 2.09. The molecule has 0 saturated heterocycles. The molecular formula is C13H16BrCl2NO2S. The molecule has 1 aliphatic rings. The first-order valence-corrected chi connectivity index (χ1v) is 9.64. The summed E-state index contributed by atoms with van der Waals surface area (Å²) in [4.78, 5) is 0.405. The third kappa shape index (κ3) is 4.10. The van der Waals surface area contributed by atoms with Gasteiger partial charge in [0.05, 0.1) is 5.02 Å². The summed E-state index contributed by atoms with van der Waals surface area (Å²) >= 11 is 15.4. The van der Waals surface area contributed by atoms with Gasteiger partial charge in [0, 0.05) is 16.4 Å². The molecule has 2 rings (SSSR count). The summed E-state index contributed by atoms with van der Waals surface area (Å²) in [6.07, 6.45) is 4.46. The van der Waals surface area contributed by atoms with Crippen LogP contribution in [0.2, 0.25) is 10.0 Å². The third-order valence-electron chi connectivity index (χ3n) is 3.53. The zero-order valence-electron chi connectivity index (χ0n) is 10.8. The van der Waals surface area contributed by atoms with E-state index in [1.807, 2.05) is 0 Å². The zero-order valence-corrected chi connectivity index (χ0v) is 14.7. The fourth-order valence-corrected chi connectivity index (χ4v) is 5.00. The molecule has 3 nitrogen and oxygen atoms in total. The second kappa shape index (κ2) is 6.97. The third-order valence-corrected chi connectivity index (χ3v) is 6.88. The van der Waals surface area contributed by atoms with Gasteiger partial charge in [0.2, 0.25) is 10.0 Å². The van der Waals surface area contributed by atoms with E-state index < -0.39 is 10.0 Å². The molecule has 1 aliphatic carbocycles. The van der Waals surface area contributed by atoms with Crippen LogP contribution in [-0.4, -0.2) is 19.8 Å². The molecule has 0 spiro atoms. The molecule has 0 radical (unpaired) electrons. The molecule has 1 aromatic carbocycles. The summed E-state index contributed by atoms with van der Waals surface area (Å²) in [7, 11) is -3.62. The number of nitrogens with one attached hydrogen (secondary N) is 1. The van der Waals surface area contributed by atoms with E-state index in [0.717, 1.165) is 19.3 Å². The van der Waals surface area contributed by atoms with E-state index in [-0.39, 0.29) is 9.92 Å². The molecular weight excluding hydrogens is 385 g/mol. The Morgan fingerprint density at radius 2 is 1.95 bits per heavy atom. The molecule has 7 heteroatoms. The minimum absolute atomic E-state index is 0.0357. The van der Waals surface area contributed by atoms with Crippen LogP contribution in [0.25, 0.3) is 0 Å². The highest BCUT2D eigenvalue weighted by Gasteiger charge is 2.25. The summed E-state index contributed by atoms with van der Waals surface area (Å²) in [5.74, 6) is 0.316. The van der Waals surface area contributed by atoms with Crippen molar-refractivity contribution in [3.8, 4) is 0 Å². The van der Waals surface area contributed by atoms with Gasteiger partial charge in [-0.1, -0.05) is 52.0 Å². The number of alkyl halides is 1. The first-order chi connectivity index (χ1) is 9.40. The Morgan fingerprint density at radius 3 is 2.65 bits per heavy atom. The van der Waals surface area contributed by atoms with Crippen LogP contribution < -0.4 is 4.72 Å². The maximum Gasteiger partial charge on any atom is 0.242 e. The van der Waals surface area contributed by atoms with Crippen molar-refractivity contribution in [3.05, 3.63) is 28.2 Å². The summed E-state index contributed by atoms with van der Waals surface area (Å²) < 4.78 is 27.2. The lowest BCUT2D eigenvalue weighted by Crippen LogP contribution is -2.34. The maximum atomic E-state index is 12.3. The highest BCUT2D eigenvalue weighted by molar-refractivity contribution is 9.09. The molecule has 1 aromatic rings. The molecule has 20 heavy (non-hydrogen) atoms. The first kappa shape index (κ1) is 16.6. The van der Waals surface area contributed by atoms with Crippen molar-refractivity contribution in [2.45, 2.75) is 35.4 Å². The number of benzene rings is 1. The van der Waals surface area contributed by atoms with Crippen LogP contribution in [0.4, 0.5) is 0 Å². The largest absolute Gasteiger partial charge is 0.242 e. The van der Waals surface area contributed by atoms with Gasteiger partial charge in [-0.25, -0.2) is 13.1 Å². The lowest BCUT2D eigenvalue weighted by Gasteiger charge is -2.27. The molecule has 1 fully saturated rings. The predicted octanol–water partition coefficient (Wildman–Crippen LogP) is 4.23. The fraction of sp³-hybridized carbons (Fsp3) is 0.538. The van der Waals surface area contributed by atoms with E-state index in [9.17, 15) is 8.42 Å². The maximum absolute atomic E-state index is 12.3. The second-order valence-electron chi connectivity index (χ2n) is 4.99. The van der Waals surface area contributed by atoms with Crippen molar-refractivity contribution >= 4 is 49.2 Å². The van der Waals surface area contributed by atoms with Gasteiger partial charge in [-0.3, -0.25) is 0 Å². The van der Waals surface area contributed by atoms with Gasteiger partial charge >= 0.3 is 0 Å². The summed E-state index contributed by atoms with van der Waals surface area (Å²) in [6.45, 7) is 0.418. The molecule has 2 atom stereocenters. The van der Waals surface area contributed by atoms with Crippen LogP contribution in [0.1, 0.15) is 25.7 Å². The Bertz CT molecular complexity index is 580. The summed E-state index contributed by atoms with van der Waals surface area (Å²) in [5, 5.41) is 0.534. The minimum atomic E-state index is -3.62. The topological polar surface area (TPSA) is 46.2 Å². The number of hydrogen-bond acceptors (Lipinski definition) is 2. The highest BCUT2D eigenvalue weighted by Crippen LogP contribution is 2.30. The van der Waals surface area contributed by atoms with Crippen molar-refractivity contribution in [2.24, 2.45) is 5.92 Å². The van der Waals surface area contributed by atoms with E-state index >= 15 is 0 Å². The van der Waals surface area contributed by atoms with Gasteiger partial charge in [-0.2, -0.15) is 0 Å². The average Bonchev–Trinajstić information content (AvgIpc) is 2.40. The average molecular weight is 401 g/mol. The van der Waals surface area contributed by atoms with E-state index in [4.69, 9.17) is 23.2 Å². The van der Waals surface area contributed by atoms with Crippen LogP contribution in [0.15, 0.2) is 23.1 Å². The quantitative estimate of drug-likeness (QED) is 0.768. The van der Waals surface area contributed by atoms with Crippen molar-refractivity contribution in [1.29, 1.82) is 0 Å². The standard InChI is InChI=1S/C13H16BrCl2NO2S/c14-11-4-2-1-3-9(11)8-17-20(18,19)13-7-10(15)5-6-12(13)16/h5-7,9,11,17H,1-4,8H2. The van der Waals surface area contributed by atoms with Crippen molar-refractivity contribution in [1.82, 2.24) is 4.72 Å². The molecule has 112 valence electrons. The SMILES string of the molecule is O=S(=O)(NCC1CCCCC1Br)c1cc(Cl)ccc1Cl. The first-order valence-electron chi connectivity index (χ1n) is 6.49. The molecule has 0 aliphatic heterocycles. The minimum Gasteiger partial charge on any atom is -0.211 e. The zero-order chi connectivity index (χ0) is 14.8. The van der Waals surface area contributed by atoms with Gasteiger partial charge in [0.25, 0.3) is 0 Å². The van der Waals surface area contributed by atoms with Crippen LogP contribution >= 0.6 is 39.1 Å². The van der Waals surface area contributed by atoms with Gasteiger partial charge in [0.1, 0.15) is 4.90 Å². The Hall–Kier alpha value is 0.190. The van der Waals surface area contributed by atoms with Crippen LogP contribution in [0, 0.1) is 5.92 Å². The Kier molecular flexibility index (Phi) is 5.77. The molecule has 1 N–H and O–H groups in total. The highest BCUT2D eigenvalue weighted by atomic mass is 79.9. The summed E-state index contributed by atoms with van der Waals surface area (Å²) in [6, 6.07) is 4.43. The van der Waals surface area contributed by atoms with Crippen molar-refractivity contribution in [3.63, 3.8) is 0 Å². The molecule has 0 heterocycles. The number of halogens is 3. The van der Waals surface area contributed by atoms with Crippen LogP contribution in [-0.2, 0) is 10.0 Å². The van der Waals surface area contributed by atoms with Gasteiger partial charge in [-0.05, 0) is 37.0 Å². The smallest absolute Gasteiger partial charge is 0.211 e. The van der Waals surface area contributed by atoms with Crippen LogP contribution in [0.5, 0.6) is 0 Å². The van der Waals surface area contributed by atoms with Gasteiger partial charge in [0.15, 0.2) is 0 Å². The van der Waals surface area contributed by atoms with Crippen molar-refractivity contribution in [2.75, 3.05) is 6.54 Å². The molecule has 2 unspecified atom stereocenters. The van der Waals surface area contributed by atoms with Gasteiger partial charge in [-0.15, -0.1) is 0 Å². The number of rotatable bonds is 4. The van der Waals surface area contributed by atoms with E-state index in [2.05, 4.69) is 20.7 Å². The van der Waals surface area contributed by atoms with E-state index in [0.29, 0.717) is 22.3 Å². The molecule has 1 saturated carbocycles. The lowest BCUT2D eigenvalue weighted by atomic mass is 9.89. The Morgan fingerprint density at radius 1 is 1.25 bits per heavy atom. The van der Waals surface area contributed by atoms with Crippen molar-refractivity contribution < 1.29 is 8.42 Å². The van der Waals surface area contributed by atoms with E-state index in [1.54, 1.807) is 6.07 Å². The summed E-state index contributed by atoms with van der Waals surface area (Å²) in [5.41, 5.74) is 0.